The normalized spacial score (nSPS) is 19.9. The Morgan fingerprint density at radius 1 is 1.35 bits per heavy atom. The number of rotatable bonds is 2. The zero-order valence-electron chi connectivity index (χ0n) is 9.52. The molecule has 17 heavy (non-hydrogen) atoms. The number of hydrogen-bond donors (Lipinski definition) is 2. The van der Waals surface area contributed by atoms with Crippen LogP contribution in [0.3, 0.4) is 0 Å². The van der Waals surface area contributed by atoms with Crippen LogP contribution < -0.4 is 11.1 Å². The van der Waals surface area contributed by atoms with Gasteiger partial charge in [0.15, 0.2) is 0 Å². The number of nitrogen functional groups attached to an aromatic ring is 1. The number of nitrogens with two attached hydrogens (primary N) is 1. The Morgan fingerprint density at radius 2 is 2.29 bits per heavy atom. The molecular weight excluding hydrogens is 230 g/mol. The lowest BCUT2D eigenvalue weighted by Gasteiger charge is -2.09. The lowest BCUT2D eigenvalue weighted by atomic mass is 10.2. The predicted molar refractivity (Wildman–Crippen MR) is 73.3 cm³/mol. The molecule has 0 radical (unpaired) electrons. The Balaban J connectivity index is 1.90. The Hall–Kier alpha value is -1.26. The molecule has 3 nitrogen and oxygen atoms in total. The molecular formula is C13H15N3S. The molecule has 2 aromatic rings. The summed E-state index contributed by atoms with van der Waals surface area (Å²) in [5.74, 6) is 0.613. The molecule has 1 aromatic carbocycles. The molecule has 2 heterocycles. The molecule has 0 unspecified atom stereocenters. The van der Waals surface area contributed by atoms with E-state index >= 15 is 0 Å². The first kappa shape index (κ1) is 10.9. The van der Waals surface area contributed by atoms with Crippen molar-refractivity contribution in [3.05, 3.63) is 30.5 Å². The third kappa shape index (κ3) is 2.23. The number of pyridine rings is 1. The summed E-state index contributed by atoms with van der Waals surface area (Å²) in [6.07, 6.45) is 3.02. The molecule has 0 amide bonds. The van der Waals surface area contributed by atoms with Gasteiger partial charge in [-0.05, 0) is 42.6 Å². The molecule has 3 rings (SSSR count). The van der Waals surface area contributed by atoms with Crippen LogP contribution in [0.25, 0.3) is 10.8 Å². The van der Waals surface area contributed by atoms with E-state index in [1.165, 1.54) is 16.7 Å². The smallest absolute Gasteiger partial charge is 0.131 e. The van der Waals surface area contributed by atoms with E-state index in [4.69, 9.17) is 5.73 Å². The number of thioether (sulfide) groups is 1. The van der Waals surface area contributed by atoms with Crippen LogP contribution in [0.1, 0.15) is 6.42 Å². The van der Waals surface area contributed by atoms with Crippen LogP contribution in [0.2, 0.25) is 0 Å². The Morgan fingerprint density at radius 3 is 3.12 bits per heavy atom. The van der Waals surface area contributed by atoms with Gasteiger partial charge in [0.1, 0.15) is 5.82 Å². The summed E-state index contributed by atoms with van der Waals surface area (Å²) >= 11 is 1.95. The lowest BCUT2D eigenvalue weighted by Crippen LogP contribution is -2.09. The number of hydrogen-bond acceptors (Lipinski definition) is 4. The third-order valence-corrected chi connectivity index (χ3v) is 4.35. The van der Waals surface area contributed by atoms with Crippen molar-refractivity contribution in [2.45, 2.75) is 16.6 Å². The van der Waals surface area contributed by atoms with Crippen molar-refractivity contribution in [1.29, 1.82) is 0 Å². The number of nitrogens with one attached hydrogen (secondary N) is 1. The summed E-state index contributed by atoms with van der Waals surface area (Å²) in [6, 6.07) is 8.44. The highest BCUT2D eigenvalue weighted by Crippen LogP contribution is 2.30. The van der Waals surface area contributed by atoms with Crippen LogP contribution in [-0.2, 0) is 0 Å². The zero-order chi connectivity index (χ0) is 11.7. The minimum Gasteiger partial charge on any atom is -0.383 e. The average molecular weight is 245 g/mol. The van der Waals surface area contributed by atoms with Crippen molar-refractivity contribution >= 4 is 28.4 Å². The quantitative estimate of drug-likeness (QED) is 0.852. The second-order valence-electron chi connectivity index (χ2n) is 4.31. The minimum atomic E-state index is 0.613. The average Bonchev–Trinajstić information content (AvgIpc) is 2.82. The molecule has 3 N–H and O–H groups in total. The minimum absolute atomic E-state index is 0.613. The van der Waals surface area contributed by atoms with Gasteiger partial charge in [0, 0.05) is 28.3 Å². The molecule has 88 valence electrons. The molecule has 0 saturated carbocycles. The highest BCUT2D eigenvalue weighted by molar-refractivity contribution is 8.00. The van der Waals surface area contributed by atoms with Gasteiger partial charge in [0.2, 0.25) is 0 Å². The van der Waals surface area contributed by atoms with Crippen molar-refractivity contribution in [3.8, 4) is 0 Å². The van der Waals surface area contributed by atoms with E-state index in [1.807, 2.05) is 17.8 Å². The monoisotopic (exact) mass is 245 g/mol. The highest BCUT2D eigenvalue weighted by atomic mass is 32.2. The molecule has 1 aliphatic heterocycles. The van der Waals surface area contributed by atoms with E-state index in [2.05, 4.69) is 28.5 Å². The van der Waals surface area contributed by atoms with E-state index in [0.29, 0.717) is 11.1 Å². The molecule has 0 bridgehead atoms. The van der Waals surface area contributed by atoms with Gasteiger partial charge in [-0.25, -0.2) is 4.98 Å². The number of nitrogens with zero attached hydrogens (tertiary/aromatic N) is 1. The molecule has 1 saturated heterocycles. The van der Waals surface area contributed by atoms with Gasteiger partial charge in [-0.2, -0.15) is 0 Å². The molecule has 4 heteroatoms. The number of fused-ring (bicyclic) bond motifs is 1. The Labute approximate surface area is 105 Å². The first-order valence-electron chi connectivity index (χ1n) is 5.84. The molecule has 0 spiro atoms. The maximum atomic E-state index is 5.84. The standard InChI is InChI=1S/C13H15N3S/c14-13-12-2-1-10(7-9(12)3-6-16-13)17-11-4-5-15-8-11/h1-3,6-7,11,15H,4-5,8H2,(H2,14,16)/t11-/m1/s1. The van der Waals surface area contributed by atoms with Crippen molar-refractivity contribution in [2.24, 2.45) is 0 Å². The summed E-state index contributed by atoms with van der Waals surface area (Å²) in [5.41, 5.74) is 5.84. The van der Waals surface area contributed by atoms with E-state index in [1.54, 1.807) is 6.20 Å². The first-order chi connectivity index (χ1) is 8.33. The van der Waals surface area contributed by atoms with E-state index < -0.39 is 0 Å². The van der Waals surface area contributed by atoms with Crippen molar-refractivity contribution in [1.82, 2.24) is 10.3 Å². The Bertz CT molecular complexity index is 535. The van der Waals surface area contributed by atoms with Crippen LogP contribution in [0, 0.1) is 0 Å². The van der Waals surface area contributed by atoms with Gasteiger partial charge in [-0.15, -0.1) is 11.8 Å². The van der Waals surface area contributed by atoms with Crippen molar-refractivity contribution in [2.75, 3.05) is 18.8 Å². The molecule has 0 aliphatic carbocycles. The molecule has 1 atom stereocenters. The fourth-order valence-electron chi connectivity index (χ4n) is 2.17. The lowest BCUT2D eigenvalue weighted by molar-refractivity contribution is 0.858. The third-order valence-electron chi connectivity index (χ3n) is 3.08. The second-order valence-corrected chi connectivity index (χ2v) is 5.69. The van der Waals surface area contributed by atoms with Gasteiger partial charge < -0.3 is 11.1 Å². The fourth-order valence-corrected chi connectivity index (χ4v) is 3.34. The van der Waals surface area contributed by atoms with Crippen molar-refractivity contribution < 1.29 is 0 Å². The van der Waals surface area contributed by atoms with Crippen LogP contribution >= 0.6 is 11.8 Å². The van der Waals surface area contributed by atoms with Gasteiger partial charge in [-0.3, -0.25) is 0 Å². The maximum Gasteiger partial charge on any atom is 0.131 e. The van der Waals surface area contributed by atoms with E-state index in [9.17, 15) is 0 Å². The van der Waals surface area contributed by atoms with Crippen LogP contribution in [0.15, 0.2) is 35.4 Å². The number of anilines is 1. The fraction of sp³-hybridized carbons (Fsp3) is 0.308. The van der Waals surface area contributed by atoms with E-state index in [-0.39, 0.29) is 0 Å². The summed E-state index contributed by atoms with van der Waals surface area (Å²) in [6.45, 7) is 2.25. The van der Waals surface area contributed by atoms with Crippen molar-refractivity contribution in [3.63, 3.8) is 0 Å². The summed E-state index contributed by atoms with van der Waals surface area (Å²) in [7, 11) is 0. The summed E-state index contributed by atoms with van der Waals surface area (Å²) in [4.78, 5) is 5.42. The first-order valence-corrected chi connectivity index (χ1v) is 6.72. The SMILES string of the molecule is Nc1nccc2cc(S[C@@H]3CCNC3)ccc12. The Kier molecular flexibility index (Phi) is 2.91. The number of aromatic nitrogens is 1. The van der Waals surface area contributed by atoms with Crippen LogP contribution in [0.4, 0.5) is 5.82 Å². The van der Waals surface area contributed by atoms with Gasteiger partial charge in [-0.1, -0.05) is 0 Å². The van der Waals surface area contributed by atoms with Gasteiger partial charge in [0.25, 0.3) is 0 Å². The predicted octanol–water partition coefficient (Wildman–Crippen LogP) is 2.27. The zero-order valence-corrected chi connectivity index (χ0v) is 10.3. The van der Waals surface area contributed by atoms with Crippen LogP contribution in [-0.4, -0.2) is 23.3 Å². The summed E-state index contributed by atoms with van der Waals surface area (Å²) < 4.78 is 0. The largest absolute Gasteiger partial charge is 0.383 e. The topological polar surface area (TPSA) is 50.9 Å². The number of benzene rings is 1. The highest BCUT2D eigenvalue weighted by Gasteiger charge is 2.15. The molecule has 1 aromatic heterocycles. The van der Waals surface area contributed by atoms with Gasteiger partial charge in [0.05, 0.1) is 0 Å². The second kappa shape index (κ2) is 4.55. The van der Waals surface area contributed by atoms with E-state index in [0.717, 1.165) is 18.5 Å². The summed E-state index contributed by atoms with van der Waals surface area (Å²) in [5, 5.41) is 6.31. The molecule has 1 aliphatic rings. The maximum absolute atomic E-state index is 5.84. The van der Waals surface area contributed by atoms with Crippen LogP contribution in [0.5, 0.6) is 0 Å². The van der Waals surface area contributed by atoms with Gasteiger partial charge >= 0.3 is 0 Å². The molecule has 1 fully saturated rings.